The first-order valence-corrected chi connectivity index (χ1v) is 8.58. The Morgan fingerprint density at radius 1 is 1.04 bits per heavy atom. The predicted molar refractivity (Wildman–Crippen MR) is 85.1 cm³/mol. The van der Waals surface area contributed by atoms with Gasteiger partial charge in [0.05, 0.1) is 11.3 Å². The SMILES string of the molecule is O=C(O)C1CCC(CN2C(=O)C=CC2=O)(C(=O)ON2C(=O)CCC2=O)CC1. The summed E-state index contributed by atoms with van der Waals surface area (Å²) in [5, 5.41) is 9.59. The second-order valence-corrected chi connectivity index (χ2v) is 6.95. The molecule has 0 radical (unpaired) electrons. The molecule has 3 aliphatic rings. The molecule has 4 amide bonds. The highest BCUT2D eigenvalue weighted by molar-refractivity contribution is 6.13. The molecule has 3 rings (SSSR count). The Morgan fingerprint density at radius 3 is 2.04 bits per heavy atom. The number of amides is 4. The summed E-state index contributed by atoms with van der Waals surface area (Å²) < 4.78 is 0. The number of imide groups is 2. The van der Waals surface area contributed by atoms with E-state index < -0.39 is 46.9 Å². The van der Waals surface area contributed by atoms with E-state index in [4.69, 9.17) is 4.84 Å². The lowest BCUT2D eigenvalue weighted by Crippen LogP contribution is -2.50. The number of hydrogen-bond donors (Lipinski definition) is 1. The van der Waals surface area contributed by atoms with Crippen molar-refractivity contribution in [3.63, 3.8) is 0 Å². The van der Waals surface area contributed by atoms with Crippen LogP contribution >= 0.6 is 0 Å². The molecule has 0 aromatic heterocycles. The number of hydrogen-bond acceptors (Lipinski definition) is 7. The monoisotopic (exact) mass is 378 g/mol. The largest absolute Gasteiger partial charge is 0.481 e. The summed E-state index contributed by atoms with van der Waals surface area (Å²) in [6, 6.07) is 0. The van der Waals surface area contributed by atoms with Gasteiger partial charge in [0.1, 0.15) is 0 Å². The Labute approximate surface area is 153 Å². The van der Waals surface area contributed by atoms with Gasteiger partial charge in [-0.2, -0.15) is 0 Å². The van der Waals surface area contributed by atoms with Crippen LogP contribution in [0, 0.1) is 11.3 Å². The van der Waals surface area contributed by atoms with Crippen LogP contribution in [0.25, 0.3) is 0 Å². The fourth-order valence-corrected chi connectivity index (χ4v) is 3.57. The Kier molecular flexibility index (Phi) is 4.81. The standard InChI is InChI=1S/C17H18N2O8/c20-11-1-2-12(21)18(11)9-17(7-5-10(6-8-17)15(24)25)16(26)27-19-13(22)3-4-14(19)23/h1-2,10H,3-9H2,(H,24,25). The van der Waals surface area contributed by atoms with Crippen molar-refractivity contribution in [1.82, 2.24) is 9.96 Å². The second-order valence-electron chi connectivity index (χ2n) is 6.95. The number of carboxylic acid groups (broad SMARTS) is 1. The summed E-state index contributed by atoms with van der Waals surface area (Å²) in [5.41, 5.74) is -1.37. The molecule has 1 N–H and O–H groups in total. The van der Waals surface area contributed by atoms with Gasteiger partial charge in [-0.05, 0) is 25.7 Å². The minimum atomic E-state index is -1.37. The van der Waals surface area contributed by atoms with Gasteiger partial charge in [-0.15, -0.1) is 5.06 Å². The normalized spacial score (nSPS) is 28.2. The maximum absolute atomic E-state index is 12.9. The van der Waals surface area contributed by atoms with Crippen LogP contribution in [0.1, 0.15) is 38.5 Å². The molecule has 1 aliphatic carbocycles. The maximum atomic E-state index is 12.9. The van der Waals surface area contributed by atoms with Gasteiger partial charge in [0.2, 0.25) is 0 Å². The molecule has 1 saturated carbocycles. The van der Waals surface area contributed by atoms with Crippen molar-refractivity contribution in [1.29, 1.82) is 0 Å². The molecule has 144 valence electrons. The minimum Gasteiger partial charge on any atom is -0.481 e. The van der Waals surface area contributed by atoms with E-state index in [9.17, 15) is 33.9 Å². The van der Waals surface area contributed by atoms with Crippen LogP contribution in [0.4, 0.5) is 0 Å². The van der Waals surface area contributed by atoms with Gasteiger partial charge in [-0.3, -0.25) is 28.9 Å². The van der Waals surface area contributed by atoms with Crippen molar-refractivity contribution in [2.24, 2.45) is 11.3 Å². The van der Waals surface area contributed by atoms with Gasteiger partial charge in [-0.1, -0.05) is 0 Å². The Hall–Kier alpha value is -3.04. The van der Waals surface area contributed by atoms with Crippen LogP contribution in [-0.4, -0.2) is 57.2 Å². The predicted octanol–water partition coefficient (Wildman–Crippen LogP) is -0.220. The van der Waals surface area contributed by atoms with Gasteiger partial charge < -0.3 is 9.94 Å². The summed E-state index contributed by atoms with van der Waals surface area (Å²) in [6.45, 7) is -0.293. The number of nitrogens with zero attached hydrogens (tertiary/aromatic N) is 2. The Morgan fingerprint density at radius 2 is 1.56 bits per heavy atom. The highest BCUT2D eigenvalue weighted by Gasteiger charge is 2.49. The molecule has 27 heavy (non-hydrogen) atoms. The number of carboxylic acids is 1. The van der Waals surface area contributed by atoms with E-state index in [-0.39, 0.29) is 45.1 Å². The molecule has 2 fully saturated rings. The van der Waals surface area contributed by atoms with Crippen LogP contribution in [0.5, 0.6) is 0 Å². The summed E-state index contributed by atoms with van der Waals surface area (Å²) in [7, 11) is 0. The van der Waals surface area contributed by atoms with E-state index in [1.54, 1.807) is 0 Å². The zero-order chi connectivity index (χ0) is 19.8. The number of carbonyl (C=O) groups is 6. The number of rotatable bonds is 5. The molecule has 0 aromatic rings. The lowest BCUT2D eigenvalue weighted by Gasteiger charge is -2.39. The van der Waals surface area contributed by atoms with Crippen LogP contribution in [0.15, 0.2) is 12.2 Å². The van der Waals surface area contributed by atoms with E-state index in [1.165, 1.54) is 0 Å². The maximum Gasteiger partial charge on any atom is 0.341 e. The quantitative estimate of drug-likeness (QED) is 0.648. The van der Waals surface area contributed by atoms with E-state index in [1.807, 2.05) is 0 Å². The average Bonchev–Trinajstić information content (AvgIpc) is 3.12. The number of carbonyl (C=O) groups excluding carboxylic acids is 5. The molecular formula is C17H18N2O8. The van der Waals surface area contributed by atoms with Gasteiger partial charge in [-0.25, -0.2) is 4.79 Å². The zero-order valence-corrected chi connectivity index (χ0v) is 14.4. The number of aliphatic carboxylic acids is 1. The molecule has 1 saturated heterocycles. The number of hydroxylamine groups is 2. The third-order valence-electron chi connectivity index (χ3n) is 5.27. The average molecular weight is 378 g/mol. The fraction of sp³-hybridized carbons (Fsp3) is 0.529. The molecule has 0 atom stereocenters. The van der Waals surface area contributed by atoms with Crippen molar-refractivity contribution in [2.75, 3.05) is 6.54 Å². The van der Waals surface area contributed by atoms with Crippen LogP contribution < -0.4 is 0 Å². The van der Waals surface area contributed by atoms with Crippen molar-refractivity contribution in [3.05, 3.63) is 12.2 Å². The van der Waals surface area contributed by atoms with Crippen molar-refractivity contribution in [3.8, 4) is 0 Å². The second kappa shape index (κ2) is 6.93. The van der Waals surface area contributed by atoms with Gasteiger partial charge in [0.15, 0.2) is 0 Å². The topological polar surface area (TPSA) is 138 Å². The fourth-order valence-electron chi connectivity index (χ4n) is 3.57. The smallest absolute Gasteiger partial charge is 0.341 e. The molecule has 0 unspecified atom stereocenters. The first kappa shape index (κ1) is 18.7. The van der Waals surface area contributed by atoms with Crippen molar-refractivity contribution in [2.45, 2.75) is 38.5 Å². The van der Waals surface area contributed by atoms with Gasteiger partial charge in [0.25, 0.3) is 23.6 Å². The van der Waals surface area contributed by atoms with Gasteiger partial charge >= 0.3 is 11.9 Å². The van der Waals surface area contributed by atoms with E-state index in [2.05, 4.69) is 0 Å². The first-order valence-electron chi connectivity index (χ1n) is 8.58. The summed E-state index contributed by atoms with van der Waals surface area (Å²) >= 11 is 0. The molecule has 2 aliphatic heterocycles. The summed E-state index contributed by atoms with van der Waals surface area (Å²) in [6.07, 6.45) is 2.44. The molecule has 0 bridgehead atoms. The molecule has 10 heteroatoms. The molecule has 2 heterocycles. The van der Waals surface area contributed by atoms with E-state index in [0.29, 0.717) is 5.06 Å². The van der Waals surface area contributed by atoms with Gasteiger partial charge in [0, 0.05) is 31.5 Å². The van der Waals surface area contributed by atoms with Crippen LogP contribution in [-0.2, 0) is 33.6 Å². The van der Waals surface area contributed by atoms with Crippen molar-refractivity contribution < 1.29 is 38.7 Å². The third-order valence-corrected chi connectivity index (χ3v) is 5.27. The summed E-state index contributed by atoms with van der Waals surface area (Å²) in [5.74, 6) is -5.00. The van der Waals surface area contributed by atoms with Crippen molar-refractivity contribution >= 4 is 35.6 Å². The van der Waals surface area contributed by atoms with E-state index >= 15 is 0 Å². The molecule has 0 aromatic carbocycles. The highest BCUT2D eigenvalue weighted by Crippen LogP contribution is 2.42. The molecule has 0 spiro atoms. The Bertz CT molecular complexity index is 729. The van der Waals surface area contributed by atoms with Crippen LogP contribution in [0.3, 0.4) is 0 Å². The minimum absolute atomic E-state index is 0.0517. The molecule has 10 nitrogen and oxygen atoms in total. The summed E-state index contributed by atoms with van der Waals surface area (Å²) in [4.78, 5) is 77.2. The van der Waals surface area contributed by atoms with E-state index in [0.717, 1.165) is 17.1 Å². The first-order chi connectivity index (χ1) is 12.7. The Balaban J connectivity index is 1.81. The van der Waals surface area contributed by atoms with Crippen LogP contribution in [0.2, 0.25) is 0 Å². The lowest BCUT2D eigenvalue weighted by molar-refractivity contribution is -0.208. The molecular weight excluding hydrogens is 360 g/mol. The zero-order valence-electron chi connectivity index (χ0n) is 14.4. The highest BCUT2D eigenvalue weighted by atomic mass is 16.7. The lowest BCUT2D eigenvalue weighted by atomic mass is 9.70. The third kappa shape index (κ3) is 3.46.